The highest BCUT2D eigenvalue weighted by atomic mass is 32.2. The van der Waals surface area contributed by atoms with E-state index in [0.29, 0.717) is 24.5 Å². The van der Waals surface area contributed by atoms with Gasteiger partial charge in [0.25, 0.3) is 0 Å². The second-order valence-corrected chi connectivity index (χ2v) is 26.1. The number of rotatable bonds is 12. The fraction of sp³-hybridized carbons (Fsp3) is 0.458. The normalized spacial score (nSPS) is 19.7. The zero-order valence-electron chi connectivity index (χ0n) is 44.0. The molecule has 3 heterocycles. The minimum atomic E-state index is -3.15. The molecule has 4 N–H and O–H groups in total. The predicted octanol–water partition coefficient (Wildman–Crippen LogP) is 10.4. The van der Waals surface area contributed by atoms with Gasteiger partial charge >= 0.3 is 9.29 Å². The number of sulfone groups is 2. The summed E-state index contributed by atoms with van der Waals surface area (Å²) < 4.78 is 70.1. The van der Waals surface area contributed by atoms with Crippen molar-refractivity contribution in [2.45, 2.75) is 128 Å². The van der Waals surface area contributed by atoms with Crippen molar-refractivity contribution >= 4 is 29.0 Å². The molecule has 0 saturated carbocycles. The summed E-state index contributed by atoms with van der Waals surface area (Å²) in [5, 5.41) is 14.0. The van der Waals surface area contributed by atoms with Gasteiger partial charge in [0, 0.05) is 18.6 Å². The average molecular weight is 1040 g/mol. The van der Waals surface area contributed by atoms with Crippen LogP contribution in [0.2, 0.25) is 0 Å². The molecule has 5 aromatic rings. The van der Waals surface area contributed by atoms with Crippen LogP contribution in [-0.2, 0) is 74.9 Å². The van der Waals surface area contributed by atoms with Crippen molar-refractivity contribution in [1.29, 1.82) is 0 Å². The highest BCUT2D eigenvalue weighted by Gasteiger charge is 2.32. The lowest BCUT2D eigenvalue weighted by atomic mass is 9.84. The molecule has 7 unspecified atom stereocenters. The zero-order chi connectivity index (χ0) is 53.3. The SMILES string of the molecule is C=CC(C)Cc1ccccc1.CC(C)(C)c1ccc2c(c1)C(N)CS(=O)(=O)C2.CC(Cc1ccccc1)C(O)CNC1CS(=O)(=O)Cc2ccc(C(C)(C)C)cc21.CC(Cc1ccccc1)C1CO1.O=[Si]=O. The Morgan fingerprint density at radius 2 is 1.10 bits per heavy atom. The number of aliphatic hydroxyl groups is 1. The number of allylic oxidation sites excluding steroid dienone is 1. The number of hydrogen-bond donors (Lipinski definition) is 3. The summed E-state index contributed by atoms with van der Waals surface area (Å²) in [4.78, 5) is 0. The van der Waals surface area contributed by atoms with E-state index in [1.54, 1.807) is 0 Å². The van der Waals surface area contributed by atoms with Gasteiger partial charge in [0.05, 0.1) is 41.8 Å². The molecule has 0 aliphatic carbocycles. The molecule has 5 aromatic carbocycles. The molecule has 1 saturated heterocycles. The highest BCUT2D eigenvalue weighted by molar-refractivity contribution is 7.91. The molecule has 8 rings (SSSR count). The Hall–Kier alpha value is -4.60. The van der Waals surface area contributed by atoms with Gasteiger partial charge in [-0.05, 0) is 97.9 Å². The van der Waals surface area contributed by atoms with Gasteiger partial charge in [-0.25, -0.2) is 16.8 Å². The molecule has 3 aliphatic rings. The van der Waals surface area contributed by atoms with Gasteiger partial charge in [0.2, 0.25) is 0 Å². The molecule has 0 amide bonds. The summed E-state index contributed by atoms with van der Waals surface area (Å²) in [6, 6.07) is 42.7. The van der Waals surface area contributed by atoms with Crippen molar-refractivity contribution in [2.75, 3.05) is 24.7 Å². The van der Waals surface area contributed by atoms with E-state index in [0.717, 1.165) is 48.1 Å². The van der Waals surface area contributed by atoms with Crippen LogP contribution in [0.15, 0.2) is 140 Å². The summed E-state index contributed by atoms with van der Waals surface area (Å²) in [7, 11) is -7.59. The standard InChI is InChI=1S/C24H33NO3S.C13H19NO2S.C11H14O.C11H14.O2Si/c1-17(12-18-8-6-5-7-9-18)23(26)14-25-22-16-29(27,28)15-19-10-11-20(13-21(19)22)24(2,3)4;1-13(2,3)10-5-4-9-7-17(15,16)8-12(14)11(9)6-10;1-9(11-8-12-11)7-10-5-3-2-4-6-10;1-3-10(2)9-11-7-5-4-6-8-11;1-3-2/h5-11,13,17,22-23,25-26H,12,14-16H2,1-4H3;4-6,12H,7-8,14H2,1-3H3;2-6,9,11H,7-8H2,1H3;3-8,10H,1,9H2,2H3;. The van der Waals surface area contributed by atoms with Gasteiger partial charge in [-0.15, -0.1) is 6.58 Å². The largest absolute Gasteiger partial charge is 0.549 e. The van der Waals surface area contributed by atoms with Gasteiger partial charge in [-0.2, -0.15) is 0 Å². The Labute approximate surface area is 434 Å². The van der Waals surface area contributed by atoms with Gasteiger partial charge in [0.1, 0.15) is 0 Å². The van der Waals surface area contributed by atoms with Crippen molar-refractivity contribution in [3.05, 3.63) is 190 Å². The highest BCUT2D eigenvalue weighted by Crippen LogP contribution is 2.34. The third-order valence-corrected chi connectivity index (χ3v) is 16.4. The van der Waals surface area contributed by atoms with E-state index in [2.05, 4.69) is 146 Å². The first-order valence-electron chi connectivity index (χ1n) is 25.0. The predicted molar refractivity (Wildman–Crippen MR) is 294 cm³/mol. The van der Waals surface area contributed by atoms with E-state index in [4.69, 9.17) is 19.4 Å². The molecule has 390 valence electrons. The second kappa shape index (κ2) is 27.6. The molecular formula is C59H80N2O8S2Si. The Balaban J connectivity index is 0.000000221. The lowest BCUT2D eigenvalue weighted by molar-refractivity contribution is 0.112. The number of nitrogens with one attached hydrogen (secondary N) is 1. The smallest absolute Gasteiger partial charge is 0.392 e. The van der Waals surface area contributed by atoms with Gasteiger partial charge in [0.15, 0.2) is 19.7 Å². The summed E-state index contributed by atoms with van der Waals surface area (Å²) in [6.45, 7) is 24.4. The molecule has 0 radical (unpaired) electrons. The Morgan fingerprint density at radius 3 is 1.54 bits per heavy atom. The van der Waals surface area contributed by atoms with Crippen molar-refractivity contribution in [1.82, 2.24) is 5.32 Å². The molecule has 1 fully saturated rings. The van der Waals surface area contributed by atoms with E-state index >= 15 is 0 Å². The molecule has 0 bridgehead atoms. The third kappa shape index (κ3) is 20.4. The van der Waals surface area contributed by atoms with Gasteiger partial charge in [-0.1, -0.05) is 196 Å². The van der Waals surface area contributed by atoms with Crippen LogP contribution in [0.25, 0.3) is 0 Å². The Kier molecular flexibility index (Phi) is 23.0. The quantitative estimate of drug-likeness (QED) is 0.0620. The fourth-order valence-corrected chi connectivity index (χ4v) is 11.9. The zero-order valence-corrected chi connectivity index (χ0v) is 46.6. The van der Waals surface area contributed by atoms with E-state index in [9.17, 15) is 21.9 Å². The van der Waals surface area contributed by atoms with Crippen LogP contribution in [-0.4, -0.2) is 68.1 Å². The molecular weight excluding hydrogens is 957 g/mol. The summed E-state index contributed by atoms with van der Waals surface area (Å²) in [5.74, 6) is 1.69. The number of epoxide rings is 1. The first-order chi connectivity index (χ1) is 33.8. The first kappa shape index (κ1) is 60.0. The van der Waals surface area contributed by atoms with Gasteiger partial charge < -0.3 is 20.9 Å². The number of hydrogen-bond acceptors (Lipinski definition) is 10. The van der Waals surface area contributed by atoms with Crippen molar-refractivity contribution < 1.29 is 35.6 Å². The van der Waals surface area contributed by atoms with Crippen LogP contribution in [0.5, 0.6) is 0 Å². The summed E-state index contributed by atoms with van der Waals surface area (Å²) in [5.41, 5.74) is 16.2. The molecule has 0 spiro atoms. The lowest BCUT2D eigenvalue weighted by Gasteiger charge is -2.30. The van der Waals surface area contributed by atoms with E-state index in [1.165, 1.54) is 27.8 Å². The summed E-state index contributed by atoms with van der Waals surface area (Å²) >= 11 is 0. The maximum absolute atomic E-state index is 12.4. The maximum Gasteiger partial charge on any atom is 0.549 e. The van der Waals surface area contributed by atoms with E-state index in [1.807, 2.05) is 61.5 Å². The number of fused-ring (bicyclic) bond motifs is 2. The molecule has 7 atom stereocenters. The average Bonchev–Trinajstić information content (AvgIpc) is 4.18. The minimum absolute atomic E-state index is 0.000383. The van der Waals surface area contributed by atoms with Crippen molar-refractivity contribution in [3.63, 3.8) is 0 Å². The van der Waals surface area contributed by atoms with Crippen LogP contribution in [0, 0.1) is 17.8 Å². The van der Waals surface area contributed by atoms with Crippen LogP contribution < -0.4 is 11.1 Å². The van der Waals surface area contributed by atoms with Crippen molar-refractivity contribution in [2.24, 2.45) is 23.5 Å². The van der Waals surface area contributed by atoms with Crippen LogP contribution in [0.1, 0.15) is 124 Å². The molecule has 3 aliphatic heterocycles. The van der Waals surface area contributed by atoms with Gasteiger partial charge in [-0.3, -0.25) is 8.92 Å². The lowest BCUT2D eigenvalue weighted by Crippen LogP contribution is -2.39. The van der Waals surface area contributed by atoms with Crippen LogP contribution >= 0.6 is 0 Å². The topological polar surface area (TPSA) is 173 Å². The second-order valence-electron chi connectivity index (χ2n) is 21.8. The van der Waals surface area contributed by atoms with Crippen LogP contribution in [0.3, 0.4) is 0 Å². The van der Waals surface area contributed by atoms with E-state index in [-0.39, 0.29) is 51.8 Å². The molecule has 0 aromatic heterocycles. The van der Waals surface area contributed by atoms with Crippen LogP contribution in [0.4, 0.5) is 0 Å². The number of benzene rings is 5. The summed E-state index contributed by atoms with van der Waals surface area (Å²) in [6.07, 6.45) is 5.01. The maximum atomic E-state index is 12.4. The molecule has 72 heavy (non-hydrogen) atoms. The third-order valence-electron chi connectivity index (χ3n) is 13.2. The number of ether oxygens (including phenoxy) is 1. The Morgan fingerprint density at radius 1 is 0.681 bits per heavy atom. The minimum Gasteiger partial charge on any atom is -0.392 e. The fourth-order valence-electron chi connectivity index (χ4n) is 8.68. The Bertz CT molecular complexity index is 2710. The first-order valence-corrected chi connectivity index (χ1v) is 29.5. The number of nitrogens with two attached hydrogens (primary N) is 1. The number of aliphatic hydroxyl groups excluding tert-OH is 1. The molecule has 13 heteroatoms. The van der Waals surface area contributed by atoms with E-state index < -0.39 is 35.1 Å². The monoisotopic (exact) mass is 1040 g/mol. The van der Waals surface area contributed by atoms with Crippen molar-refractivity contribution in [3.8, 4) is 0 Å². The molecule has 10 nitrogen and oxygen atoms in total.